The molecule has 2 aliphatic rings. The van der Waals surface area contributed by atoms with Crippen molar-refractivity contribution < 1.29 is 9.26 Å². The van der Waals surface area contributed by atoms with Gasteiger partial charge in [-0.1, -0.05) is 17.3 Å². The number of aromatic nitrogens is 2. The fraction of sp³-hybridized carbons (Fsp3) is 0.529. The predicted molar refractivity (Wildman–Crippen MR) is 81.7 cm³/mol. The van der Waals surface area contributed by atoms with Gasteiger partial charge in [-0.15, -0.1) is 0 Å². The number of rotatable bonds is 5. The summed E-state index contributed by atoms with van der Waals surface area (Å²) >= 11 is 0. The van der Waals surface area contributed by atoms with Gasteiger partial charge in [0.1, 0.15) is 5.75 Å². The maximum Gasteiger partial charge on any atom is 0.240 e. The van der Waals surface area contributed by atoms with Crippen LogP contribution >= 0.6 is 0 Å². The van der Waals surface area contributed by atoms with Gasteiger partial charge in [0.25, 0.3) is 0 Å². The maximum absolute atomic E-state index is 5.43. The van der Waals surface area contributed by atoms with E-state index in [2.05, 4.69) is 27.2 Å². The molecule has 0 radical (unpaired) electrons. The molecule has 1 aliphatic heterocycles. The van der Waals surface area contributed by atoms with Gasteiger partial charge in [-0.05, 0) is 49.9 Å². The fourth-order valence-corrected chi connectivity index (χ4v) is 3.23. The first-order chi connectivity index (χ1) is 10.8. The molecule has 2 heterocycles. The monoisotopic (exact) mass is 299 g/mol. The highest BCUT2D eigenvalue weighted by Crippen LogP contribution is 2.38. The highest BCUT2D eigenvalue weighted by Gasteiger charge is 2.31. The third-order valence-electron chi connectivity index (χ3n) is 4.63. The Bertz CT molecular complexity index is 634. The standard InChI is InChI=1S/C17H21N3O2/c1-21-14-8-6-12(7-9-14)15-3-2-10-20(15)11-16-18-17(19-22-16)13-4-5-13/h6-9,13,15H,2-5,10-11H2,1H3/t15-/m0/s1. The van der Waals surface area contributed by atoms with Gasteiger partial charge in [0.05, 0.1) is 13.7 Å². The van der Waals surface area contributed by atoms with E-state index in [9.17, 15) is 0 Å². The van der Waals surface area contributed by atoms with Crippen LogP contribution in [0.15, 0.2) is 28.8 Å². The first-order valence-electron chi connectivity index (χ1n) is 8.04. The van der Waals surface area contributed by atoms with E-state index in [-0.39, 0.29) is 0 Å². The van der Waals surface area contributed by atoms with Crippen molar-refractivity contribution >= 4 is 0 Å². The van der Waals surface area contributed by atoms with E-state index >= 15 is 0 Å². The van der Waals surface area contributed by atoms with Crippen molar-refractivity contribution in [2.24, 2.45) is 0 Å². The molecule has 5 heteroatoms. The molecule has 0 bridgehead atoms. The van der Waals surface area contributed by atoms with Crippen LogP contribution in [0, 0.1) is 0 Å². The summed E-state index contributed by atoms with van der Waals surface area (Å²) in [5.74, 6) is 3.10. The fourth-order valence-electron chi connectivity index (χ4n) is 3.23. The van der Waals surface area contributed by atoms with Gasteiger partial charge < -0.3 is 9.26 Å². The van der Waals surface area contributed by atoms with E-state index in [0.717, 1.165) is 30.6 Å². The van der Waals surface area contributed by atoms with Crippen LogP contribution in [-0.2, 0) is 6.54 Å². The van der Waals surface area contributed by atoms with Crippen molar-refractivity contribution in [3.63, 3.8) is 0 Å². The van der Waals surface area contributed by atoms with Crippen LogP contribution in [-0.4, -0.2) is 28.7 Å². The van der Waals surface area contributed by atoms with Gasteiger partial charge in [0.2, 0.25) is 5.89 Å². The molecular formula is C17H21N3O2. The van der Waals surface area contributed by atoms with Gasteiger partial charge in [-0.3, -0.25) is 4.90 Å². The lowest BCUT2D eigenvalue weighted by Gasteiger charge is -2.23. The molecule has 5 nitrogen and oxygen atoms in total. The van der Waals surface area contributed by atoms with Gasteiger partial charge in [-0.2, -0.15) is 4.98 Å². The van der Waals surface area contributed by atoms with Crippen LogP contribution in [0.5, 0.6) is 5.75 Å². The quantitative estimate of drug-likeness (QED) is 0.848. The van der Waals surface area contributed by atoms with Crippen LogP contribution in [0.25, 0.3) is 0 Å². The molecule has 0 spiro atoms. The highest BCUT2D eigenvalue weighted by molar-refractivity contribution is 5.29. The van der Waals surface area contributed by atoms with Crippen molar-refractivity contribution in [3.05, 3.63) is 41.5 Å². The molecule has 0 unspecified atom stereocenters. The number of nitrogens with zero attached hydrogens (tertiary/aromatic N) is 3. The smallest absolute Gasteiger partial charge is 0.240 e. The highest BCUT2D eigenvalue weighted by atomic mass is 16.5. The Kier molecular flexibility index (Phi) is 3.58. The first-order valence-corrected chi connectivity index (χ1v) is 8.04. The summed E-state index contributed by atoms with van der Waals surface area (Å²) < 4.78 is 10.7. The summed E-state index contributed by atoms with van der Waals surface area (Å²) in [4.78, 5) is 6.99. The van der Waals surface area contributed by atoms with E-state index in [0.29, 0.717) is 12.0 Å². The van der Waals surface area contributed by atoms with Crippen LogP contribution in [0.2, 0.25) is 0 Å². The molecule has 2 aromatic rings. The van der Waals surface area contributed by atoms with Crippen molar-refractivity contribution in [2.75, 3.05) is 13.7 Å². The number of methoxy groups -OCH3 is 1. The van der Waals surface area contributed by atoms with E-state index in [1.807, 2.05) is 12.1 Å². The molecule has 1 atom stereocenters. The van der Waals surface area contributed by atoms with E-state index in [4.69, 9.17) is 9.26 Å². The summed E-state index contributed by atoms with van der Waals surface area (Å²) in [5, 5.41) is 4.11. The second-order valence-corrected chi connectivity index (χ2v) is 6.22. The zero-order valence-electron chi connectivity index (χ0n) is 12.9. The zero-order chi connectivity index (χ0) is 14.9. The summed E-state index contributed by atoms with van der Waals surface area (Å²) in [7, 11) is 1.70. The number of benzene rings is 1. The number of hydrogen-bond donors (Lipinski definition) is 0. The Hall–Kier alpha value is -1.88. The number of ether oxygens (including phenoxy) is 1. The molecule has 1 aromatic carbocycles. The lowest BCUT2D eigenvalue weighted by Crippen LogP contribution is -2.22. The SMILES string of the molecule is COc1ccc([C@@H]2CCCN2Cc2nc(C3CC3)no2)cc1. The molecule has 4 rings (SSSR count). The van der Waals surface area contributed by atoms with Gasteiger partial charge in [0, 0.05) is 12.0 Å². The summed E-state index contributed by atoms with van der Waals surface area (Å²) in [6.07, 6.45) is 4.80. The molecule has 1 aliphatic carbocycles. The lowest BCUT2D eigenvalue weighted by atomic mass is 10.0. The average Bonchev–Trinajstić information content (AvgIpc) is 3.13. The van der Waals surface area contributed by atoms with Crippen molar-refractivity contribution in [1.29, 1.82) is 0 Å². The number of likely N-dealkylation sites (tertiary alicyclic amines) is 1. The van der Waals surface area contributed by atoms with Crippen molar-refractivity contribution in [1.82, 2.24) is 15.0 Å². The molecule has 1 aromatic heterocycles. The first kappa shape index (κ1) is 13.8. The largest absolute Gasteiger partial charge is 0.497 e. The topological polar surface area (TPSA) is 51.4 Å². The minimum atomic E-state index is 0.433. The minimum absolute atomic E-state index is 0.433. The molecule has 1 saturated carbocycles. The second kappa shape index (κ2) is 5.72. The summed E-state index contributed by atoms with van der Waals surface area (Å²) in [6, 6.07) is 8.81. The Morgan fingerprint density at radius 2 is 2.05 bits per heavy atom. The zero-order valence-corrected chi connectivity index (χ0v) is 12.9. The summed E-state index contributed by atoms with van der Waals surface area (Å²) in [6.45, 7) is 1.83. The van der Waals surface area contributed by atoms with Gasteiger partial charge in [0.15, 0.2) is 5.82 Å². The summed E-state index contributed by atoms with van der Waals surface area (Å²) in [5.41, 5.74) is 1.33. The molecule has 2 fully saturated rings. The third-order valence-corrected chi connectivity index (χ3v) is 4.63. The van der Waals surface area contributed by atoms with Crippen LogP contribution < -0.4 is 4.74 Å². The molecule has 22 heavy (non-hydrogen) atoms. The van der Waals surface area contributed by atoms with E-state index < -0.39 is 0 Å². The van der Waals surface area contributed by atoms with Crippen LogP contribution in [0.4, 0.5) is 0 Å². The molecule has 0 amide bonds. The van der Waals surface area contributed by atoms with E-state index in [1.165, 1.54) is 31.2 Å². The Morgan fingerprint density at radius 1 is 1.23 bits per heavy atom. The second-order valence-electron chi connectivity index (χ2n) is 6.22. The Balaban J connectivity index is 1.47. The van der Waals surface area contributed by atoms with Gasteiger partial charge >= 0.3 is 0 Å². The lowest BCUT2D eigenvalue weighted by molar-refractivity contribution is 0.212. The predicted octanol–water partition coefficient (Wildman–Crippen LogP) is 3.29. The molecular weight excluding hydrogens is 278 g/mol. The minimum Gasteiger partial charge on any atom is -0.497 e. The number of hydrogen-bond acceptors (Lipinski definition) is 5. The van der Waals surface area contributed by atoms with Crippen LogP contribution in [0.1, 0.15) is 54.9 Å². The molecule has 0 N–H and O–H groups in total. The average molecular weight is 299 g/mol. The van der Waals surface area contributed by atoms with Crippen molar-refractivity contribution in [3.8, 4) is 5.75 Å². The Labute approximate surface area is 130 Å². The Morgan fingerprint density at radius 3 is 2.77 bits per heavy atom. The third kappa shape index (κ3) is 2.73. The van der Waals surface area contributed by atoms with Crippen LogP contribution in [0.3, 0.4) is 0 Å². The van der Waals surface area contributed by atoms with E-state index in [1.54, 1.807) is 7.11 Å². The normalized spacial score (nSPS) is 22.1. The molecule has 116 valence electrons. The maximum atomic E-state index is 5.43. The van der Waals surface area contributed by atoms with Gasteiger partial charge in [-0.25, -0.2) is 0 Å². The van der Waals surface area contributed by atoms with Crippen molar-refractivity contribution in [2.45, 2.75) is 44.2 Å². The molecule has 1 saturated heterocycles.